The summed E-state index contributed by atoms with van der Waals surface area (Å²) in [4.78, 5) is 0. The minimum atomic E-state index is 1.00. The molecule has 0 unspecified atom stereocenters. The Balaban J connectivity index is 0.000000162. The van der Waals surface area contributed by atoms with Crippen LogP contribution in [-0.2, 0) is 0 Å². The average molecular weight is 103 g/mol. The van der Waals surface area contributed by atoms with E-state index < -0.39 is 0 Å². The van der Waals surface area contributed by atoms with Crippen molar-refractivity contribution >= 4 is 0 Å². The largest absolute Gasteiger partial charge is 0.400 e. The van der Waals surface area contributed by atoms with Gasteiger partial charge in [0.15, 0.2) is 0 Å². The summed E-state index contributed by atoms with van der Waals surface area (Å²) in [6.07, 6.45) is 2.78. The second-order valence-corrected chi connectivity index (χ2v) is 1.46. The molecule has 0 aromatic heterocycles. The minimum absolute atomic E-state index is 1.00. The van der Waals surface area contributed by atoms with Gasteiger partial charge in [0.1, 0.15) is 0 Å². The van der Waals surface area contributed by atoms with Gasteiger partial charge in [-0.05, 0) is 25.9 Å². The molecule has 0 saturated carbocycles. The molecule has 0 aromatic rings. The lowest BCUT2D eigenvalue weighted by atomic mass is 10.4. The van der Waals surface area contributed by atoms with Gasteiger partial charge < -0.3 is 10.4 Å². The fourth-order valence-corrected chi connectivity index (χ4v) is 0.625. The average Bonchev–Trinajstić information content (AvgIpc) is 2.23. The van der Waals surface area contributed by atoms with E-state index in [4.69, 9.17) is 5.11 Å². The zero-order valence-corrected chi connectivity index (χ0v) is 4.78. The summed E-state index contributed by atoms with van der Waals surface area (Å²) in [5.41, 5.74) is 0. The number of aliphatic hydroxyl groups excluding tert-OH is 1. The summed E-state index contributed by atoms with van der Waals surface area (Å²) >= 11 is 0. The third-order valence-corrected chi connectivity index (χ3v) is 0.957. The van der Waals surface area contributed by atoms with Gasteiger partial charge in [0, 0.05) is 7.11 Å². The fraction of sp³-hybridized carbons (Fsp3) is 1.00. The lowest BCUT2D eigenvalue weighted by Gasteiger charge is -1.76. The standard InChI is InChI=1S/C4H9N.CH4O/c1-2-4-5-3-1;1-2/h5H,1-4H2;2H,1H3. The van der Waals surface area contributed by atoms with Crippen molar-refractivity contribution in [2.75, 3.05) is 20.2 Å². The molecule has 0 bridgehead atoms. The van der Waals surface area contributed by atoms with Crippen LogP contribution >= 0.6 is 0 Å². The van der Waals surface area contributed by atoms with Crippen molar-refractivity contribution in [3.05, 3.63) is 0 Å². The number of rotatable bonds is 0. The van der Waals surface area contributed by atoms with E-state index in [1.165, 1.54) is 25.9 Å². The molecule has 1 heterocycles. The van der Waals surface area contributed by atoms with Crippen LogP contribution in [0.1, 0.15) is 12.8 Å². The van der Waals surface area contributed by atoms with Gasteiger partial charge in [-0.2, -0.15) is 0 Å². The van der Waals surface area contributed by atoms with Crippen molar-refractivity contribution in [2.45, 2.75) is 12.8 Å². The Hall–Kier alpha value is -0.0800. The number of hydrogen-bond donors (Lipinski definition) is 2. The molecule has 2 heteroatoms. The first-order chi connectivity index (χ1) is 3.50. The van der Waals surface area contributed by atoms with E-state index in [-0.39, 0.29) is 0 Å². The van der Waals surface area contributed by atoms with Crippen LogP contribution in [-0.4, -0.2) is 25.3 Å². The van der Waals surface area contributed by atoms with Crippen LogP contribution in [0.25, 0.3) is 0 Å². The van der Waals surface area contributed by atoms with Gasteiger partial charge in [0.2, 0.25) is 0 Å². The van der Waals surface area contributed by atoms with Gasteiger partial charge in [-0.15, -0.1) is 0 Å². The van der Waals surface area contributed by atoms with Crippen molar-refractivity contribution in [3.63, 3.8) is 0 Å². The minimum Gasteiger partial charge on any atom is -0.400 e. The predicted octanol–water partition coefficient (Wildman–Crippen LogP) is -0.0217. The summed E-state index contributed by atoms with van der Waals surface area (Å²) < 4.78 is 0. The highest BCUT2D eigenvalue weighted by Gasteiger charge is 1.93. The van der Waals surface area contributed by atoms with Gasteiger partial charge in [0.25, 0.3) is 0 Å². The van der Waals surface area contributed by atoms with Gasteiger partial charge in [-0.1, -0.05) is 0 Å². The van der Waals surface area contributed by atoms with Crippen LogP contribution < -0.4 is 5.32 Å². The first kappa shape index (κ1) is 6.92. The van der Waals surface area contributed by atoms with Crippen LogP contribution in [0.2, 0.25) is 0 Å². The Morgan fingerprint density at radius 2 is 1.57 bits per heavy atom. The maximum atomic E-state index is 7.00. The van der Waals surface area contributed by atoms with Crippen LogP contribution in [0.3, 0.4) is 0 Å². The molecule has 0 atom stereocenters. The molecule has 0 spiro atoms. The molecule has 2 nitrogen and oxygen atoms in total. The number of nitrogens with one attached hydrogen (secondary N) is 1. The lowest BCUT2D eigenvalue weighted by Crippen LogP contribution is -2.03. The second-order valence-electron chi connectivity index (χ2n) is 1.46. The number of hydrogen-bond acceptors (Lipinski definition) is 2. The summed E-state index contributed by atoms with van der Waals surface area (Å²) in [7, 11) is 1.00. The van der Waals surface area contributed by atoms with Gasteiger partial charge in [-0.3, -0.25) is 0 Å². The first-order valence-corrected chi connectivity index (χ1v) is 2.65. The molecule has 0 radical (unpaired) electrons. The Kier molecular flexibility index (Phi) is 5.85. The van der Waals surface area contributed by atoms with Gasteiger partial charge in [0.05, 0.1) is 0 Å². The van der Waals surface area contributed by atoms with Gasteiger partial charge >= 0.3 is 0 Å². The molecular weight excluding hydrogens is 90.1 g/mol. The maximum Gasteiger partial charge on any atom is 0.0319 e. The quantitative estimate of drug-likeness (QED) is 0.451. The monoisotopic (exact) mass is 103 g/mol. The second kappa shape index (κ2) is 5.92. The van der Waals surface area contributed by atoms with Crippen molar-refractivity contribution in [1.29, 1.82) is 0 Å². The Bertz CT molecular complexity index is 19.7. The normalized spacial score (nSPS) is 18.0. The highest BCUT2D eigenvalue weighted by atomic mass is 16.2. The molecule has 1 aliphatic rings. The van der Waals surface area contributed by atoms with E-state index in [1.807, 2.05) is 0 Å². The molecule has 0 aromatic carbocycles. The summed E-state index contributed by atoms with van der Waals surface area (Å²) in [5.74, 6) is 0. The van der Waals surface area contributed by atoms with Crippen LogP contribution in [0.4, 0.5) is 0 Å². The molecule has 1 aliphatic heterocycles. The van der Waals surface area contributed by atoms with Crippen LogP contribution in [0.15, 0.2) is 0 Å². The van der Waals surface area contributed by atoms with Crippen molar-refractivity contribution in [1.82, 2.24) is 5.32 Å². The van der Waals surface area contributed by atoms with E-state index >= 15 is 0 Å². The van der Waals surface area contributed by atoms with E-state index in [0.29, 0.717) is 0 Å². The summed E-state index contributed by atoms with van der Waals surface area (Å²) in [5, 5.41) is 10.2. The Labute approximate surface area is 44.5 Å². The Morgan fingerprint density at radius 3 is 1.71 bits per heavy atom. The molecular formula is C5H13NO. The highest BCUT2D eigenvalue weighted by Crippen LogP contribution is 1.90. The van der Waals surface area contributed by atoms with E-state index in [1.54, 1.807) is 0 Å². The van der Waals surface area contributed by atoms with Crippen LogP contribution in [0.5, 0.6) is 0 Å². The van der Waals surface area contributed by atoms with E-state index in [2.05, 4.69) is 5.32 Å². The zero-order chi connectivity index (χ0) is 5.54. The fourth-order valence-electron chi connectivity index (χ4n) is 0.625. The van der Waals surface area contributed by atoms with Crippen molar-refractivity contribution in [2.24, 2.45) is 0 Å². The van der Waals surface area contributed by atoms with Crippen LogP contribution in [0, 0.1) is 0 Å². The topological polar surface area (TPSA) is 32.3 Å². The third kappa shape index (κ3) is 3.76. The summed E-state index contributed by atoms with van der Waals surface area (Å²) in [6, 6.07) is 0. The van der Waals surface area contributed by atoms with E-state index in [0.717, 1.165) is 7.11 Å². The smallest absolute Gasteiger partial charge is 0.0319 e. The SMILES string of the molecule is C1CCNC1.CO. The Morgan fingerprint density at radius 1 is 1.14 bits per heavy atom. The summed E-state index contributed by atoms with van der Waals surface area (Å²) in [6.45, 7) is 2.50. The van der Waals surface area contributed by atoms with E-state index in [9.17, 15) is 0 Å². The maximum absolute atomic E-state index is 7.00. The highest BCUT2D eigenvalue weighted by molar-refractivity contribution is 4.55. The van der Waals surface area contributed by atoms with Gasteiger partial charge in [-0.25, -0.2) is 0 Å². The predicted molar refractivity (Wildman–Crippen MR) is 30.2 cm³/mol. The number of aliphatic hydroxyl groups is 1. The molecule has 7 heavy (non-hydrogen) atoms. The molecule has 2 N–H and O–H groups in total. The van der Waals surface area contributed by atoms with Crippen molar-refractivity contribution in [3.8, 4) is 0 Å². The zero-order valence-electron chi connectivity index (χ0n) is 4.78. The molecule has 0 aliphatic carbocycles. The third-order valence-electron chi connectivity index (χ3n) is 0.957. The molecule has 1 fully saturated rings. The first-order valence-electron chi connectivity index (χ1n) is 2.65. The molecule has 1 saturated heterocycles. The molecule has 44 valence electrons. The van der Waals surface area contributed by atoms with Crippen molar-refractivity contribution < 1.29 is 5.11 Å². The molecule has 0 amide bonds. The lowest BCUT2D eigenvalue weighted by molar-refractivity contribution is 0.399. The molecule has 1 rings (SSSR count).